The lowest BCUT2D eigenvalue weighted by Crippen LogP contribution is -2.04. The molecular weight excluding hydrogens is 484 g/mol. The summed E-state index contributed by atoms with van der Waals surface area (Å²) in [4.78, 5) is 7.63. The van der Waals surface area contributed by atoms with Gasteiger partial charge in [0.05, 0.1) is 11.0 Å². The predicted octanol–water partition coefficient (Wildman–Crippen LogP) is 11.0. The van der Waals surface area contributed by atoms with Crippen LogP contribution in [0.3, 0.4) is 0 Å². The molecule has 6 aromatic carbocycles. The molecular formula is C38H32N2. The second-order valence-corrected chi connectivity index (χ2v) is 11.3. The highest BCUT2D eigenvalue weighted by Gasteiger charge is 2.22. The van der Waals surface area contributed by atoms with E-state index in [2.05, 4.69) is 126 Å². The van der Waals surface area contributed by atoms with Gasteiger partial charge < -0.3 is 9.97 Å². The van der Waals surface area contributed by atoms with Crippen molar-refractivity contribution < 1.29 is 0 Å². The number of para-hydroxylation sites is 2. The van der Waals surface area contributed by atoms with Crippen LogP contribution >= 0.6 is 0 Å². The number of nitrogens with one attached hydrogen (secondary N) is 2. The molecule has 194 valence electrons. The number of aromatic amines is 2. The smallest absolute Gasteiger partial charge is 0.0547 e. The summed E-state index contributed by atoms with van der Waals surface area (Å²) in [5, 5.41) is 10.5. The largest absolute Gasteiger partial charge is 0.354 e. The molecule has 0 radical (unpaired) electrons. The Morgan fingerprint density at radius 1 is 0.500 bits per heavy atom. The summed E-state index contributed by atoms with van der Waals surface area (Å²) in [6, 6.07) is 40.4. The van der Waals surface area contributed by atoms with E-state index < -0.39 is 0 Å². The van der Waals surface area contributed by atoms with E-state index in [-0.39, 0.29) is 5.92 Å². The molecule has 0 saturated heterocycles. The van der Waals surface area contributed by atoms with Gasteiger partial charge in [-0.15, -0.1) is 0 Å². The first-order valence-corrected chi connectivity index (χ1v) is 14.7. The number of unbranched alkanes of at least 4 members (excludes halogenated alkanes) is 2. The minimum Gasteiger partial charge on any atom is -0.354 e. The van der Waals surface area contributed by atoms with E-state index in [1.807, 2.05) is 0 Å². The lowest BCUT2D eigenvalue weighted by Gasteiger charge is -2.23. The van der Waals surface area contributed by atoms with Crippen molar-refractivity contribution in [3.8, 4) is 0 Å². The number of benzene rings is 6. The summed E-state index contributed by atoms with van der Waals surface area (Å²) in [6.07, 6.45) is 4.80. The third kappa shape index (κ3) is 3.49. The lowest BCUT2D eigenvalue weighted by molar-refractivity contribution is 0.623. The Morgan fingerprint density at radius 3 is 1.55 bits per heavy atom. The van der Waals surface area contributed by atoms with Gasteiger partial charge in [0.2, 0.25) is 0 Å². The van der Waals surface area contributed by atoms with Crippen molar-refractivity contribution >= 4 is 65.2 Å². The average molecular weight is 517 g/mol. The maximum absolute atomic E-state index is 3.81. The third-order valence-electron chi connectivity index (χ3n) is 8.96. The van der Waals surface area contributed by atoms with Crippen LogP contribution in [0.5, 0.6) is 0 Å². The van der Waals surface area contributed by atoms with Gasteiger partial charge in [-0.25, -0.2) is 0 Å². The Labute approximate surface area is 233 Å². The molecule has 0 atom stereocenters. The molecule has 0 amide bonds. The standard InChI is InChI=1S/C38H32N2/c1-2-3-4-13-26(29-16-9-11-24-20-22-31-27-14-5-7-18-33(27)39-37(31)35(24)29)30-17-10-12-25-21-23-32-28-15-6-8-19-34(28)40-38(32)36(25)30/h5-12,14-23,26,39-40H,2-4,13H2,1H3. The Morgan fingerprint density at radius 2 is 1.02 bits per heavy atom. The first-order valence-electron chi connectivity index (χ1n) is 14.7. The number of H-pyrrole nitrogens is 2. The molecule has 8 aromatic rings. The van der Waals surface area contributed by atoms with Crippen LogP contribution in [-0.4, -0.2) is 9.97 Å². The Hall–Kier alpha value is -4.56. The SMILES string of the molecule is CCCCCC(c1cccc2ccc3c4ccccc4[nH]c3c12)c1cccc2ccc3c4ccccc4[nH]c3c12. The van der Waals surface area contributed by atoms with E-state index in [1.54, 1.807) is 0 Å². The summed E-state index contributed by atoms with van der Waals surface area (Å²) in [7, 11) is 0. The highest BCUT2D eigenvalue weighted by Crippen LogP contribution is 2.43. The van der Waals surface area contributed by atoms with Crippen LogP contribution < -0.4 is 0 Å². The highest BCUT2D eigenvalue weighted by molar-refractivity contribution is 6.19. The fraction of sp³-hybridized carbons (Fsp3) is 0.158. The summed E-state index contributed by atoms with van der Waals surface area (Å²) in [5.74, 6) is 0.285. The van der Waals surface area contributed by atoms with Crippen LogP contribution in [0, 0.1) is 0 Å². The lowest BCUT2D eigenvalue weighted by atomic mass is 9.81. The van der Waals surface area contributed by atoms with Gasteiger partial charge in [0.1, 0.15) is 0 Å². The fourth-order valence-electron chi connectivity index (χ4n) is 7.10. The molecule has 8 rings (SSSR count). The molecule has 2 N–H and O–H groups in total. The van der Waals surface area contributed by atoms with Crippen LogP contribution in [0.4, 0.5) is 0 Å². The molecule has 0 aliphatic carbocycles. The van der Waals surface area contributed by atoms with Crippen molar-refractivity contribution in [2.45, 2.75) is 38.5 Å². The van der Waals surface area contributed by atoms with Crippen molar-refractivity contribution in [1.29, 1.82) is 0 Å². The van der Waals surface area contributed by atoms with E-state index >= 15 is 0 Å². The normalized spacial score (nSPS) is 12.2. The van der Waals surface area contributed by atoms with Crippen LogP contribution in [0.1, 0.15) is 49.7 Å². The van der Waals surface area contributed by atoms with Gasteiger partial charge in [0, 0.05) is 49.3 Å². The topological polar surface area (TPSA) is 31.6 Å². The van der Waals surface area contributed by atoms with E-state index in [0.29, 0.717) is 0 Å². The van der Waals surface area contributed by atoms with Crippen molar-refractivity contribution in [2.24, 2.45) is 0 Å². The molecule has 0 aliphatic rings. The molecule has 2 nitrogen and oxygen atoms in total. The first kappa shape index (κ1) is 23.3. The molecule has 2 aromatic heterocycles. The molecule has 0 saturated carbocycles. The average Bonchev–Trinajstić information content (AvgIpc) is 3.57. The minimum absolute atomic E-state index is 0.285. The maximum Gasteiger partial charge on any atom is 0.0547 e. The zero-order valence-electron chi connectivity index (χ0n) is 22.8. The van der Waals surface area contributed by atoms with Gasteiger partial charge >= 0.3 is 0 Å². The molecule has 0 aliphatic heterocycles. The van der Waals surface area contributed by atoms with Crippen LogP contribution in [0.25, 0.3) is 65.2 Å². The quantitative estimate of drug-likeness (QED) is 0.206. The molecule has 40 heavy (non-hydrogen) atoms. The van der Waals surface area contributed by atoms with Crippen molar-refractivity contribution in [1.82, 2.24) is 9.97 Å². The zero-order chi connectivity index (χ0) is 26.6. The summed E-state index contributed by atoms with van der Waals surface area (Å²) in [5.41, 5.74) is 7.76. The molecule has 2 heterocycles. The Kier molecular flexibility index (Phi) is 5.41. The molecule has 0 fully saturated rings. The second kappa shape index (κ2) is 9.27. The van der Waals surface area contributed by atoms with Crippen LogP contribution in [-0.2, 0) is 0 Å². The first-order chi connectivity index (χ1) is 19.8. The molecule has 0 unspecified atom stereocenters. The van der Waals surface area contributed by atoms with Gasteiger partial charge in [0.25, 0.3) is 0 Å². The summed E-state index contributed by atoms with van der Waals surface area (Å²) >= 11 is 0. The number of fused-ring (bicyclic) bond motifs is 10. The molecule has 0 bridgehead atoms. The van der Waals surface area contributed by atoms with E-state index in [0.717, 1.165) is 6.42 Å². The predicted molar refractivity (Wildman–Crippen MR) is 173 cm³/mol. The summed E-state index contributed by atoms with van der Waals surface area (Å²) < 4.78 is 0. The van der Waals surface area contributed by atoms with Gasteiger partial charge in [-0.1, -0.05) is 123 Å². The number of hydrogen-bond donors (Lipinski definition) is 2. The number of aromatic nitrogens is 2. The Balaban J connectivity index is 1.45. The Bertz CT molecular complexity index is 2040. The van der Waals surface area contributed by atoms with Gasteiger partial charge in [-0.3, -0.25) is 0 Å². The number of rotatable bonds is 6. The van der Waals surface area contributed by atoms with E-state index in [1.165, 1.54) is 95.5 Å². The van der Waals surface area contributed by atoms with Crippen molar-refractivity contribution in [3.63, 3.8) is 0 Å². The van der Waals surface area contributed by atoms with Gasteiger partial charge in [-0.05, 0) is 40.5 Å². The van der Waals surface area contributed by atoms with E-state index in [4.69, 9.17) is 0 Å². The minimum atomic E-state index is 0.285. The van der Waals surface area contributed by atoms with Crippen LogP contribution in [0.2, 0.25) is 0 Å². The fourth-order valence-corrected chi connectivity index (χ4v) is 7.10. The third-order valence-corrected chi connectivity index (χ3v) is 8.96. The van der Waals surface area contributed by atoms with Crippen LogP contribution in [0.15, 0.2) is 109 Å². The van der Waals surface area contributed by atoms with E-state index in [9.17, 15) is 0 Å². The maximum atomic E-state index is 3.81. The zero-order valence-corrected chi connectivity index (χ0v) is 22.8. The highest BCUT2D eigenvalue weighted by atomic mass is 14.7. The van der Waals surface area contributed by atoms with Crippen molar-refractivity contribution in [2.75, 3.05) is 0 Å². The molecule has 2 heteroatoms. The number of hydrogen-bond acceptors (Lipinski definition) is 0. The van der Waals surface area contributed by atoms with Gasteiger partial charge in [-0.2, -0.15) is 0 Å². The monoisotopic (exact) mass is 516 g/mol. The van der Waals surface area contributed by atoms with Crippen molar-refractivity contribution in [3.05, 3.63) is 120 Å². The van der Waals surface area contributed by atoms with Gasteiger partial charge in [0.15, 0.2) is 0 Å². The summed E-state index contributed by atoms with van der Waals surface area (Å²) in [6.45, 7) is 2.30. The molecule has 0 spiro atoms. The second-order valence-electron chi connectivity index (χ2n) is 11.3.